The van der Waals surface area contributed by atoms with Gasteiger partial charge in [-0.3, -0.25) is 4.79 Å². The van der Waals surface area contributed by atoms with Crippen LogP contribution in [0.15, 0.2) is 0 Å². The summed E-state index contributed by atoms with van der Waals surface area (Å²) in [6.07, 6.45) is -1.01. The van der Waals surface area contributed by atoms with Gasteiger partial charge in [0.1, 0.15) is 9.65 Å². The molecule has 1 fully saturated rings. The number of ether oxygens (including phenoxy) is 1. The van der Waals surface area contributed by atoms with E-state index in [1.807, 2.05) is 0 Å². The summed E-state index contributed by atoms with van der Waals surface area (Å²) in [5, 5.41) is 8.82. The van der Waals surface area contributed by atoms with Crippen molar-refractivity contribution in [1.29, 1.82) is 0 Å². The Morgan fingerprint density at radius 3 is 2.22 bits per heavy atom. The summed E-state index contributed by atoms with van der Waals surface area (Å²) in [4.78, 5) is 9.78. The zero-order valence-corrected chi connectivity index (χ0v) is 7.42. The average Bonchev–Trinajstić information content (AvgIpc) is 1.98. The molecule has 0 saturated carbocycles. The number of carbonyl (C=O) groups is 1. The van der Waals surface area contributed by atoms with Crippen molar-refractivity contribution in [2.45, 2.75) is 15.9 Å². The Labute approximate surface area is 68.6 Å². The second-order valence-electron chi connectivity index (χ2n) is 1.67. The number of alkyl halides is 2. The van der Waals surface area contributed by atoms with Crippen LogP contribution in [0.5, 0.6) is 0 Å². The number of carbonyl (C=O) groups excluding carboxylic acids is 1. The van der Waals surface area contributed by atoms with Gasteiger partial charge >= 0.3 is 5.97 Å². The lowest BCUT2D eigenvalue weighted by atomic mass is 10.3. The third-order valence-electron chi connectivity index (χ3n) is 1.01. The topological polar surface area (TPSA) is 46.5 Å². The van der Waals surface area contributed by atoms with Crippen molar-refractivity contribution < 1.29 is 14.6 Å². The molecule has 0 unspecified atom stereocenters. The molecule has 0 spiro atoms. The van der Waals surface area contributed by atoms with Crippen molar-refractivity contribution in [3.8, 4) is 0 Å². The number of cyclic esters (lactones) is 1. The van der Waals surface area contributed by atoms with Gasteiger partial charge in [0, 0.05) is 0 Å². The first-order chi connectivity index (χ1) is 4.13. The van der Waals surface area contributed by atoms with Gasteiger partial charge < -0.3 is 9.84 Å². The maximum Gasteiger partial charge on any atom is 0.323 e. The van der Waals surface area contributed by atoms with Gasteiger partial charge in [-0.1, -0.05) is 31.9 Å². The summed E-state index contributed by atoms with van der Waals surface area (Å²) >= 11 is 6.09. The fourth-order valence-electron chi connectivity index (χ4n) is 0.524. The lowest BCUT2D eigenvalue weighted by Gasteiger charge is -2.02. The van der Waals surface area contributed by atoms with E-state index in [0.717, 1.165) is 0 Å². The minimum atomic E-state index is -1.01. The van der Waals surface area contributed by atoms with Gasteiger partial charge in [-0.05, 0) is 0 Å². The fourth-order valence-corrected chi connectivity index (χ4v) is 1.22. The number of rotatable bonds is 0. The molecule has 5 heteroatoms. The van der Waals surface area contributed by atoms with E-state index in [4.69, 9.17) is 5.11 Å². The van der Waals surface area contributed by atoms with Crippen LogP contribution >= 0.6 is 31.9 Å². The van der Waals surface area contributed by atoms with E-state index in [1.165, 1.54) is 0 Å². The third-order valence-corrected chi connectivity index (χ3v) is 3.65. The van der Waals surface area contributed by atoms with Gasteiger partial charge in [0.05, 0.1) is 0 Å². The maximum absolute atomic E-state index is 10.5. The zero-order chi connectivity index (χ0) is 7.02. The maximum atomic E-state index is 10.5. The molecule has 0 aromatic heterocycles. The zero-order valence-electron chi connectivity index (χ0n) is 4.25. The molecule has 1 heterocycles. The molecule has 0 aliphatic carbocycles. The van der Waals surface area contributed by atoms with Gasteiger partial charge in [0.15, 0.2) is 0 Å². The van der Waals surface area contributed by atoms with E-state index in [2.05, 4.69) is 36.6 Å². The molecule has 0 aromatic rings. The highest BCUT2D eigenvalue weighted by Gasteiger charge is 2.40. The number of hydrogen-bond acceptors (Lipinski definition) is 3. The number of hydrogen-bond donors (Lipinski definition) is 1. The van der Waals surface area contributed by atoms with E-state index in [9.17, 15) is 4.79 Å². The first-order valence-corrected chi connectivity index (χ1v) is 4.13. The first kappa shape index (κ1) is 7.50. The number of esters is 1. The predicted molar refractivity (Wildman–Crippen MR) is 37.5 cm³/mol. The molecule has 0 bridgehead atoms. The first-order valence-electron chi connectivity index (χ1n) is 2.29. The van der Waals surface area contributed by atoms with Gasteiger partial charge in [0.2, 0.25) is 6.29 Å². The second-order valence-corrected chi connectivity index (χ2v) is 3.72. The highest BCUT2D eigenvalue weighted by Crippen LogP contribution is 2.26. The van der Waals surface area contributed by atoms with Crippen LogP contribution in [0.2, 0.25) is 0 Å². The number of aliphatic hydroxyl groups is 1. The van der Waals surface area contributed by atoms with Gasteiger partial charge in [0.25, 0.3) is 0 Å². The summed E-state index contributed by atoms with van der Waals surface area (Å²) in [6.45, 7) is 0. The molecule has 1 saturated heterocycles. The van der Waals surface area contributed by atoms with E-state index in [-0.39, 0.29) is 4.83 Å². The molecule has 52 valence electrons. The standard InChI is InChI=1S/C4H4Br2O3/c5-1-2(6)4(8)9-3(1)7/h1-3,7H/t1-,2+,3+/m1/s1. The Balaban J connectivity index is 2.65. The molecule has 1 N–H and O–H groups in total. The van der Waals surface area contributed by atoms with Crippen LogP contribution in [0.25, 0.3) is 0 Å². The summed E-state index contributed by atoms with van der Waals surface area (Å²) in [6, 6.07) is 0. The van der Waals surface area contributed by atoms with Gasteiger partial charge in [-0.25, -0.2) is 0 Å². The fraction of sp³-hybridized carbons (Fsp3) is 0.750. The van der Waals surface area contributed by atoms with Gasteiger partial charge in [-0.2, -0.15) is 0 Å². The Bertz CT molecular complexity index is 138. The van der Waals surface area contributed by atoms with Crippen molar-refractivity contribution in [1.82, 2.24) is 0 Å². The van der Waals surface area contributed by atoms with Gasteiger partial charge in [-0.15, -0.1) is 0 Å². The van der Waals surface area contributed by atoms with E-state index in [0.29, 0.717) is 0 Å². The van der Waals surface area contributed by atoms with Crippen molar-refractivity contribution >= 4 is 37.8 Å². The molecule has 0 aromatic carbocycles. The van der Waals surface area contributed by atoms with Crippen LogP contribution in [0, 0.1) is 0 Å². The van der Waals surface area contributed by atoms with Crippen molar-refractivity contribution in [2.24, 2.45) is 0 Å². The van der Waals surface area contributed by atoms with Crippen molar-refractivity contribution in [3.05, 3.63) is 0 Å². The smallest absolute Gasteiger partial charge is 0.323 e. The summed E-state index contributed by atoms with van der Waals surface area (Å²) in [7, 11) is 0. The summed E-state index contributed by atoms with van der Waals surface area (Å²) in [5.41, 5.74) is 0. The minimum Gasteiger partial charge on any atom is -0.434 e. The molecule has 1 aliphatic heterocycles. The number of aliphatic hydroxyl groups excluding tert-OH is 1. The summed E-state index contributed by atoms with van der Waals surface area (Å²) < 4.78 is 4.41. The predicted octanol–water partition coefficient (Wildman–Crippen LogP) is 0.389. The van der Waals surface area contributed by atoms with E-state index in [1.54, 1.807) is 0 Å². The SMILES string of the molecule is O=C1O[C@H](O)[C@H](Br)[C@@H]1Br. The molecule has 0 radical (unpaired) electrons. The van der Waals surface area contributed by atoms with E-state index < -0.39 is 17.1 Å². The average molecular weight is 260 g/mol. The molecule has 0 amide bonds. The van der Waals surface area contributed by atoms with Crippen molar-refractivity contribution in [3.63, 3.8) is 0 Å². The lowest BCUT2D eigenvalue weighted by Crippen LogP contribution is -2.19. The molecule has 3 atom stereocenters. The highest BCUT2D eigenvalue weighted by molar-refractivity contribution is 9.12. The summed E-state index contributed by atoms with van der Waals surface area (Å²) in [5.74, 6) is -0.427. The molecular formula is C4H4Br2O3. The Hall–Kier alpha value is 0.390. The normalized spacial score (nSPS) is 43.0. The Morgan fingerprint density at radius 2 is 2.11 bits per heavy atom. The molecule has 1 rings (SSSR count). The van der Waals surface area contributed by atoms with Crippen molar-refractivity contribution in [2.75, 3.05) is 0 Å². The molecule has 9 heavy (non-hydrogen) atoms. The highest BCUT2D eigenvalue weighted by atomic mass is 79.9. The molecule has 1 aliphatic rings. The van der Waals surface area contributed by atoms with Crippen LogP contribution in [0.1, 0.15) is 0 Å². The monoisotopic (exact) mass is 258 g/mol. The minimum absolute atomic E-state index is 0.329. The Kier molecular flexibility index (Phi) is 2.13. The van der Waals surface area contributed by atoms with Crippen LogP contribution in [-0.2, 0) is 9.53 Å². The third kappa shape index (κ3) is 1.28. The number of halogens is 2. The second kappa shape index (κ2) is 2.56. The van der Waals surface area contributed by atoms with E-state index >= 15 is 0 Å². The van der Waals surface area contributed by atoms with Crippen LogP contribution in [0.3, 0.4) is 0 Å². The van der Waals surface area contributed by atoms with Crippen LogP contribution < -0.4 is 0 Å². The lowest BCUT2D eigenvalue weighted by molar-refractivity contribution is -0.152. The van der Waals surface area contributed by atoms with Crippen LogP contribution in [-0.4, -0.2) is 27.0 Å². The largest absolute Gasteiger partial charge is 0.434 e. The van der Waals surface area contributed by atoms with Crippen LogP contribution in [0.4, 0.5) is 0 Å². The quantitative estimate of drug-likeness (QED) is 0.506. The Morgan fingerprint density at radius 1 is 1.56 bits per heavy atom. The molecule has 3 nitrogen and oxygen atoms in total. The molecular weight excluding hydrogens is 256 g/mol.